The molecule has 0 spiro atoms. The van der Waals surface area contributed by atoms with Crippen LogP contribution < -0.4 is 37.6 Å². The van der Waals surface area contributed by atoms with E-state index < -0.39 is 15.8 Å². The van der Waals surface area contributed by atoms with E-state index in [1.54, 1.807) is 0 Å². The number of nitrogens with zero attached hydrogens (tertiary/aromatic N) is 1. The number of nitrogens with two attached hydrogens (primary N) is 1. The van der Waals surface area contributed by atoms with E-state index in [4.69, 9.17) is 25.1 Å². The fourth-order valence-corrected chi connectivity index (χ4v) is 12.7. The molecule has 0 saturated carbocycles. The van der Waals surface area contributed by atoms with E-state index in [9.17, 15) is 0 Å². The molecular weight excluding hydrogens is 911 g/mol. The van der Waals surface area contributed by atoms with Gasteiger partial charge in [-0.15, -0.1) is 0 Å². The van der Waals surface area contributed by atoms with Gasteiger partial charge in [-0.3, -0.25) is 0 Å². The maximum atomic E-state index is 5.95. The first kappa shape index (κ1) is 44.5. The van der Waals surface area contributed by atoms with Crippen LogP contribution in [0.5, 0.6) is 0 Å². The van der Waals surface area contributed by atoms with E-state index >= 15 is 0 Å². The zero-order chi connectivity index (χ0) is 42.4. The molecule has 0 fully saturated rings. The van der Waals surface area contributed by atoms with Crippen molar-refractivity contribution in [2.24, 2.45) is 5.73 Å². The molecule has 0 aliphatic rings. The van der Waals surface area contributed by atoms with Gasteiger partial charge in [0.25, 0.3) is 0 Å². The second kappa shape index (κ2) is 22.5. The summed E-state index contributed by atoms with van der Waals surface area (Å²) in [5.74, 6) is 0. The van der Waals surface area contributed by atoms with Gasteiger partial charge in [0, 0.05) is 12.6 Å². The average Bonchev–Trinajstić information content (AvgIpc) is 3.31. The van der Waals surface area contributed by atoms with Crippen molar-refractivity contribution in [2.45, 2.75) is 6.04 Å². The summed E-state index contributed by atoms with van der Waals surface area (Å²) < 4.78 is 0. The van der Waals surface area contributed by atoms with Gasteiger partial charge in [0.05, 0.1) is 0 Å². The molecular formula is C54H48Cl2N2P2Ru. The van der Waals surface area contributed by atoms with Crippen molar-refractivity contribution in [1.29, 1.82) is 0 Å². The fraction of sp³-hybridized carbons (Fsp3) is 0.0741. The Bertz CT molecular complexity index is 2480. The van der Waals surface area contributed by atoms with E-state index in [0.29, 0.717) is 0 Å². The molecule has 9 rings (SSSR count). The van der Waals surface area contributed by atoms with Crippen molar-refractivity contribution < 1.29 is 15.1 Å². The maximum absolute atomic E-state index is 5.95. The van der Waals surface area contributed by atoms with Crippen LogP contribution in [0.1, 0.15) is 11.6 Å². The minimum atomic E-state index is -0.852. The van der Waals surface area contributed by atoms with E-state index in [-0.39, 0.29) is 21.2 Å². The Kier molecular flexibility index (Phi) is 16.5. The molecule has 61 heavy (non-hydrogen) atoms. The molecule has 0 aromatic heterocycles. The summed E-state index contributed by atoms with van der Waals surface area (Å²) in [7, 11) is 12.1. The standard InChI is InChI=1S/C44H32P2.C10H16N2.2ClH.Ru/c1-5-19-35(20-6-1)45(36-21-7-2-8-22-36)41-31-29-33-17-13-15-27-39(33)43(41)44-40-28-16-14-18-34(40)30-32-42(44)46(37-23-9-3-10-24-37)38-25-11-4-12-26-38;1-12(2)8-10(11)9-6-4-3-5-7-9;;;/h1-32H;3-7,10H,8,11H2,1-2H3;2*1H;/q;;;;+2/p-2/t;10-;;;/m.0.../s1. The quantitative estimate of drug-likeness (QED) is 0.109. The summed E-state index contributed by atoms with van der Waals surface area (Å²) in [6, 6.07) is 82.1. The fourth-order valence-electron chi connectivity index (χ4n) is 7.78. The average molecular weight is 959 g/mol. The maximum Gasteiger partial charge on any atom is -0.000884 e. The normalized spacial score (nSPS) is 11.6. The number of rotatable bonds is 10. The Morgan fingerprint density at radius 2 is 0.721 bits per heavy atom. The second-order valence-electron chi connectivity index (χ2n) is 14.7. The van der Waals surface area contributed by atoms with Crippen LogP contribution in [0.25, 0.3) is 32.7 Å². The molecule has 2 nitrogen and oxygen atoms in total. The van der Waals surface area contributed by atoms with Gasteiger partial charge in [-0.1, -0.05) is 224 Å². The van der Waals surface area contributed by atoms with E-state index in [0.717, 1.165) is 6.54 Å². The summed E-state index contributed by atoms with van der Waals surface area (Å²) in [6.45, 7) is 0.893. The predicted molar refractivity (Wildman–Crippen MR) is 268 cm³/mol. The molecule has 0 bridgehead atoms. The predicted octanol–water partition coefficient (Wildman–Crippen LogP) is 11.8. The first-order chi connectivity index (χ1) is 30.0. The molecule has 0 saturated heterocycles. The Morgan fingerprint density at radius 3 is 1.05 bits per heavy atom. The van der Waals surface area contributed by atoms with Crippen LogP contribution in [0.2, 0.25) is 0 Å². The Labute approximate surface area is 379 Å². The molecule has 2 N–H and O–H groups in total. The van der Waals surface area contributed by atoms with Crippen LogP contribution in [-0.2, 0) is 15.1 Å². The Balaban J connectivity index is 0.000000319. The van der Waals surface area contributed by atoms with Crippen LogP contribution in [0.4, 0.5) is 0 Å². The van der Waals surface area contributed by atoms with Crippen LogP contribution in [-0.4, -0.2) is 25.5 Å². The Hall–Kier alpha value is -4.52. The molecule has 1 atom stereocenters. The third kappa shape index (κ3) is 11.1. The van der Waals surface area contributed by atoms with Gasteiger partial charge in [0.2, 0.25) is 0 Å². The van der Waals surface area contributed by atoms with Crippen LogP contribution in [0.15, 0.2) is 224 Å². The molecule has 0 aliphatic carbocycles. The number of hydrogen-bond donors (Lipinski definition) is 1. The minimum absolute atomic E-state index is 0.126. The molecule has 0 heterocycles. The second-order valence-corrected chi connectivity index (χ2v) is 21.7. The third-order valence-corrected chi connectivity index (χ3v) is 15.4. The molecule has 7 heteroatoms. The van der Waals surface area contributed by atoms with E-state index in [1.807, 2.05) is 32.3 Å². The minimum Gasteiger partial charge on any atom is -0.0622 e. The largest absolute Gasteiger partial charge is 0.0622 e. The molecule has 306 valence electrons. The van der Waals surface area contributed by atoms with Crippen molar-refractivity contribution in [3.63, 3.8) is 0 Å². The van der Waals surface area contributed by atoms with Crippen molar-refractivity contribution in [3.05, 3.63) is 230 Å². The summed E-state index contributed by atoms with van der Waals surface area (Å²) in [4.78, 5) is 2.09. The van der Waals surface area contributed by atoms with Crippen molar-refractivity contribution in [3.8, 4) is 11.1 Å². The van der Waals surface area contributed by atoms with Gasteiger partial charge in [0.1, 0.15) is 0 Å². The van der Waals surface area contributed by atoms with Gasteiger partial charge in [-0.25, -0.2) is 0 Å². The topological polar surface area (TPSA) is 29.3 Å². The van der Waals surface area contributed by atoms with E-state index in [1.165, 1.54) is 70.1 Å². The van der Waals surface area contributed by atoms with Crippen molar-refractivity contribution >= 4 is 88.6 Å². The van der Waals surface area contributed by atoms with Gasteiger partial charge in [-0.2, -0.15) is 0 Å². The number of halogens is 2. The SMILES string of the molecule is CN(C)C[C@H](N)c1ccccc1.[Cl][Ru][Cl].c1ccc(P(c2ccccc2)c2ccc3ccccc3c2-c2c(P(c3ccccc3)c3ccccc3)ccc3ccccc23)cc1. The number of hydrogen-bond acceptors (Lipinski definition) is 2. The van der Waals surface area contributed by atoms with Gasteiger partial charge in [-0.05, 0) is 100 Å². The number of benzene rings is 9. The third-order valence-electron chi connectivity index (χ3n) is 10.4. The number of fused-ring (bicyclic) bond motifs is 2. The Morgan fingerprint density at radius 1 is 0.426 bits per heavy atom. The zero-order valence-electron chi connectivity index (χ0n) is 34.2. The molecule has 9 aromatic rings. The molecule has 0 amide bonds. The van der Waals surface area contributed by atoms with Crippen molar-refractivity contribution in [2.75, 3.05) is 20.6 Å². The molecule has 0 radical (unpaired) electrons. The van der Waals surface area contributed by atoms with Crippen LogP contribution in [0, 0.1) is 0 Å². The molecule has 0 unspecified atom stereocenters. The van der Waals surface area contributed by atoms with Crippen LogP contribution in [0.3, 0.4) is 0 Å². The van der Waals surface area contributed by atoms with Gasteiger partial charge in [0.15, 0.2) is 0 Å². The smallest absolute Gasteiger partial charge is 0.000884 e. The van der Waals surface area contributed by atoms with Gasteiger partial charge < -0.3 is 10.6 Å². The first-order valence-electron chi connectivity index (χ1n) is 20.1. The summed E-state index contributed by atoms with van der Waals surface area (Å²) in [6.07, 6.45) is 0. The summed E-state index contributed by atoms with van der Waals surface area (Å²) >= 11 is -0.346. The van der Waals surface area contributed by atoms with Crippen molar-refractivity contribution in [1.82, 2.24) is 4.90 Å². The van der Waals surface area contributed by atoms with Crippen LogP contribution >= 0.6 is 35.2 Å². The zero-order valence-corrected chi connectivity index (χ0v) is 39.2. The summed E-state index contributed by atoms with van der Waals surface area (Å²) in [5.41, 5.74) is 9.85. The first-order valence-corrected chi connectivity index (χ1v) is 27.3. The molecule has 9 aromatic carbocycles. The molecule has 0 aliphatic heterocycles. The van der Waals surface area contributed by atoms with E-state index in [2.05, 4.69) is 211 Å². The monoisotopic (exact) mass is 958 g/mol. The van der Waals surface area contributed by atoms with Gasteiger partial charge >= 0.3 is 34.5 Å². The number of likely N-dealkylation sites (N-methyl/N-ethyl adjacent to an activating group) is 1. The summed E-state index contributed by atoms with van der Waals surface area (Å²) in [5, 5.41) is 13.3.